The molecule has 2 aliphatic heterocycles. The van der Waals surface area contributed by atoms with Gasteiger partial charge in [0, 0.05) is 32.1 Å². The van der Waals surface area contributed by atoms with Gasteiger partial charge in [0.25, 0.3) is 11.5 Å². The maximum atomic E-state index is 13.2. The van der Waals surface area contributed by atoms with Gasteiger partial charge in [-0.15, -0.1) is 11.3 Å². The first-order valence-electron chi connectivity index (χ1n) is 11.7. The number of nitrogens with zero attached hydrogens (tertiary/aromatic N) is 3. The van der Waals surface area contributed by atoms with Crippen LogP contribution in [0.25, 0.3) is 10.2 Å². The Hall–Kier alpha value is -2.51. The number of piperidine rings is 1. The molecule has 5 rings (SSSR count). The quantitative estimate of drug-likeness (QED) is 0.655. The number of aromatic nitrogens is 2. The molecule has 1 N–H and O–H groups in total. The number of likely N-dealkylation sites (tertiary alicyclic amines) is 1. The Labute approximate surface area is 192 Å². The van der Waals surface area contributed by atoms with Crippen LogP contribution in [0.4, 0.5) is 0 Å². The second-order valence-electron chi connectivity index (χ2n) is 9.07. The minimum Gasteiger partial charge on any atom is -0.347 e. The number of carbonyl (C=O) groups excluding carboxylic acids is 1. The first-order chi connectivity index (χ1) is 15.6. The summed E-state index contributed by atoms with van der Waals surface area (Å²) in [5, 5.41) is 3.87. The van der Waals surface area contributed by atoms with Crippen molar-refractivity contribution in [1.29, 1.82) is 0 Å². The minimum absolute atomic E-state index is 0.0198. The number of fused-ring (bicyclic) bond motifs is 2. The number of hydrogen-bond donors (Lipinski definition) is 1. The van der Waals surface area contributed by atoms with E-state index in [0.29, 0.717) is 15.1 Å². The average Bonchev–Trinajstić information content (AvgIpc) is 2.95. The molecule has 7 heteroatoms. The van der Waals surface area contributed by atoms with E-state index in [1.54, 1.807) is 0 Å². The largest absolute Gasteiger partial charge is 0.347 e. The Morgan fingerprint density at radius 1 is 1.16 bits per heavy atom. The molecule has 0 saturated carbocycles. The zero-order valence-corrected chi connectivity index (χ0v) is 19.4. The van der Waals surface area contributed by atoms with E-state index in [-0.39, 0.29) is 17.5 Å². The number of aryl methyl sites for hydroxylation is 2. The Balaban J connectivity index is 1.34. The van der Waals surface area contributed by atoms with Crippen molar-refractivity contribution in [2.24, 2.45) is 0 Å². The standard InChI is InChI=1S/C25H30N4O2S/c1-17-21-24(27-20-12-6-3-7-14-29(20)25(21)31)32-22(17)23(30)26-19-11-8-13-28(16-19)15-18-9-4-2-5-10-18/h2,4-5,9-10,19H,3,6-8,11-16H2,1H3,(H,26,30). The van der Waals surface area contributed by atoms with Gasteiger partial charge in [0.1, 0.15) is 10.7 Å². The number of hydrogen-bond acceptors (Lipinski definition) is 5. The molecule has 0 aliphatic carbocycles. The van der Waals surface area contributed by atoms with Crippen LogP contribution >= 0.6 is 11.3 Å². The Kier molecular flexibility index (Phi) is 6.11. The van der Waals surface area contributed by atoms with Crippen LogP contribution in [0.1, 0.15) is 58.7 Å². The van der Waals surface area contributed by atoms with Gasteiger partial charge in [0.05, 0.1) is 10.3 Å². The highest BCUT2D eigenvalue weighted by Crippen LogP contribution is 2.28. The van der Waals surface area contributed by atoms with Gasteiger partial charge in [-0.1, -0.05) is 36.8 Å². The molecule has 6 nitrogen and oxygen atoms in total. The van der Waals surface area contributed by atoms with Crippen LogP contribution in [0, 0.1) is 6.92 Å². The molecule has 1 amide bonds. The molecular weight excluding hydrogens is 420 g/mol. The molecule has 1 aromatic carbocycles. The molecule has 168 valence electrons. The molecule has 3 aromatic rings. The van der Waals surface area contributed by atoms with Crippen molar-refractivity contribution in [2.75, 3.05) is 13.1 Å². The molecule has 1 saturated heterocycles. The topological polar surface area (TPSA) is 67.2 Å². The highest BCUT2D eigenvalue weighted by molar-refractivity contribution is 7.20. The zero-order valence-electron chi connectivity index (χ0n) is 18.6. The summed E-state index contributed by atoms with van der Waals surface area (Å²) in [6.45, 7) is 5.42. The van der Waals surface area contributed by atoms with E-state index in [1.807, 2.05) is 17.6 Å². The molecule has 1 fully saturated rings. The summed E-state index contributed by atoms with van der Waals surface area (Å²) in [7, 11) is 0. The average molecular weight is 451 g/mol. The number of rotatable bonds is 4. The van der Waals surface area contributed by atoms with Crippen LogP contribution in [-0.4, -0.2) is 39.5 Å². The smallest absolute Gasteiger partial charge is 0.262 e. The fourth-order valence-corrected chi connectivity index (χ4v) is 6.13. The van der Waals surface area contributed by atoms with E-state index >= 15 is 0 Å². The lowest BCUT2D eigenvalue weighted by atomic mass is 10.0. The SMILES string of the molecule is Cc1c(C(=O)NC2CCCN(Cc3ccccc3)C2)sc2nc3n(c(=O)c12)CCCCC3. The lowest BCUT2D eigenvalue weighted by Crippen LogP contribution is -2.47. The maximum Gasteiger partial charge on any atom is 0.262 e. The molecule has 1 unspecified atom stereocenters. The molecule has 0 spiro atoms. The second kappa shape index (κ2) is 9.16. The summed E-state index contributed by atoms with van der Waals surface area (Å²) in [4.78, 5) is 34.9. The van der Waals surface area contributed by atoms with Crippen LogP contribution in [0.2, 0.25) is 0 Å². The van der Waals surface area contributed by atoms with Crippen molar-refractivity contribution in [3.63, 3.8) is 0 Å². The van der Waals surface area contributed by atoms with Gasteiger partial charge in [-0.05, 0) is 50.3 Å². The van der Waals surface area contributed by atoms with Crippen LogP contribution in [0.5, 0.6) is 0 Å². The molecule has 2 aliphatic rings. The summed E-state index contributed by atoms with van der Waals surface area (Å²) in [6.07, 6.45) is 6.10. The van der Waals surface area contributed by atoms with E-state index < -0.39 is 0 Å². The van der Waals surface area contributed by atoms with E-state index in [4.69, 9.17) is 4.98 Å². The summed E-state index contributed by atoms with van der Waals surface area (Å²) >= 11 is 1.37. The van der Waals surface area contributed by atoms with Crippen molar-refractivity contribution in [2.45, 2.75) is 64.6 Å². The minimum atomic E-state index is -0.0725. The van der Waals surface area contributed by atoms with Gasteiger partial charge in [-0.2, -0.15) is 0 Å². The van der Waals surface area contributed by atoms with Gasteiger partial charge in [0.15, 0.2) is 0 Å². The third-order valence-corrected chi connectivity index (χ3v) is 7.89. The van der Waals surface area contributed by atoms with Crippen LogP contribution in [-0.2, 0) is 19.5 Å². The van der Waals surface area contributed by atoms with Crippen molar-refractivity contribution >= 4 is 27.5 Å². The predicted octanol–water partition coefficient (Wildman–Crippen LogP) is 3.89. The number of benzene rings is 1. The van der Waals surface area contributed by atoms with Crippen molar-refractivity contribution in [3.05, 3.63) is 62.5 Å². The molecular formula is C25H30N4O2S. The van der Waals surface area contributed by atoms with E-state index in [9.17, 15) is 9.59 Å². The molecule has 32 heavy (non-hydrogen) atoms. The van der Waals surface area contributed by atoms with Crippen molar-refractivity contribution < 1.29 is 4.79 Å². The van der Waals surface area contributed by atoms with Crippen molar-refractivity contribution in [3.8, 4) is 0 Å². The van der Waals surface area contributed by atoms with Crippen LogP contribution < -0.4 is 10.9 Å². The molecule has 0 bridgehead atoms. The monoisotopic (exact) mass is 450 g/mol. The number of thiophene rings is 1. The first kappa shape index (κ1) is 21.3. The van der Waals surface area contributed by atoms with Gasteiger partial charge in [-0.25, -0.2) is 4.98 Å². The molecule has 0 radical (unpaired) electrons. The third-order valence-electron chi connectivity index (χ3n) is 6.71. The molecule has 1 atom stereocenters. The van der Waals surface area contributed by atoms with Crippen LogP contribution in [0.3, 0.4) is 0 Å². The molecule has 2 aromatic heterocycles. The summed E-state index contributed by atoms with van der Waals surface area (Å²) in [5.41, 5.74) is 2.09. The Morgan fingerprint density at radius 2 is 2.00 bits per heavy atom. The maximum absolute atomic E-state index is 13.2. The highest BCUT2D eigenvalue weighted by atomic mass is 32.1. The van der Waals surface area contributed by atoms with Gasteiger partial charge < -0.3 is 5.32 Å². The summed E-state index contributed by atoms with van der Waals surface area (Å²) < 4.78 is 1.83. The first-order valence-corrected chi connectivity index (χ1v) is 12.5. The lowest BCUT2D eigenvalue weighted by Gasteiger charge is -2.33. The molecule has 4 heterocycles. The predicted molar refractivity (Wildman–Crippen MR) is 128 cm³/mol. The Bertz CT molecular complexity index is 1180. The summed E-state index contributed by atoms with van der Waals surface area (Å²) in [6, 6.07) is 10.6. The number of amides is 1. The van der Waals surface area contributed by atoms with Crippen LogP contribution in [0.15, 0.2) is 35.1 Å². The number of nitrogens with one attached hydrogen (secondary N) is 1. The third kappa shape index (κ3) is 4.24. The fourth-order valence-electron chi connectivity index (χ4n) is 5.04. The number of carbonyl (C=O) groups is 1. The van der Waals surface area contributed by atoms with Gasteiger partial charge >= 0.3 is 0 Å². The van der Waals surface area contributed by atoms with Crippen molar-refractivity contribution in [1.82, 2.24) is 19.8 Å². The Morgan fingerprint density at radius 3 is 2.84 bits per heavy atom. The van der Waals surface area contributed by atoms with Gasteiger partial charge in [0.2, 0.25) is 0 Å². The summed E-state index contributed by atoms with van der Waals surface area (Å²) in [5.74, 6) is 0.800. The highest BCUT2D eigenvalue weighted by Gasteiger charge is 2.26. The lowest BCUT2D eigenvalue weighted by molar-refractivity contribution is 0.0904. The zero-order chi connectivity index (χ0) is 22.1. The van der Waals surface area contributed by atoms with E-state index in [0.717, 1.165) is 76.1 Å². The normalized spacial score (nSPS) is 19.5. The second-order valence-corrected chi connectivity index (χ2v) is 10.1. The van der Waals surface area contributed by atoms with E-state index in [1.165, 1.54) is 16.9 Å². The fraction of sp³-hybridized carbons (Fsp3) is 0.480. The van der Waals surface area contributed by atoms with E-state index in [2.05, 4.69) is 34.5 Å². The van der Waals surface area contributed by atoms with Gasteiger partial charge in [-0.3, -0.25) is 19.1 Å².